The summed E-state index contributed by atoms with van der Waals surface area (Å²) in [5.41, 5.74) is 0. The molecule has 90 valence electrons. The van der Waals surface area contributed by atoms with Crippen molar-refractivity contribution in [2.24, 2.45) is 0 Å². The van der Waals surface area contributed by atoms with Crippen LogP contribution in [0.3, 0.4) is 0 Å². The number of methoxy groups -OCH3 is 3. The van der Waals surface area contributed by atoms with Gasteiger partial charge < -0.3 is 18.9 Å². The standard InChI is InChI=1S/C12H18O4/c1-13-8-12(15-3)9-16-11-6-4-10(14-2)5-7-11/h4-7,12H,8-9H2,1-3H3. The lowest BCUT2D eigenvalue weighted by Crippen LogP contribution is -2.25. The van der Waals surface area contributed by atoms with E-state index in [4.69, 9.17) is 18.9 Å². The lowest BCUT2D eigenvalue weighted by atomic mass is 10.3. The van der Waals surface area contributed by atoms with Crippen molar-refractivity contribution in [3.05, 3.63) is 24.3 Å². The summed E-state index contributed by atoms with van der Waals surface area (Å²) in [6.45, 7) is 0.989. The first-order valence-corrected chi connectivity index (χ1v) is 5.08. The van der Waals surface area contributed by atoms with Gasteiger partial charge in [0.15, 0.2) is 0 Å². The van der Waals surface area contributed by atoms with Crippen LogP contribution in [0.5, 0.6) is 11.5 Å². The van der Waals surface area contributed by atoms with E-state index >= 15 is 0 Å². The van der Waals surface area contributed by atoms with Gasteiger partial charge in [-0.25, -0.2) is 0 Å². The van der Waals surface area contributed by atoms with E-state index in [0.29, 0.717) is 13.2 Å². The molecule has 0 heterocycles. The maximum Gasteiger partial charge on any atom is 0.119 e. The van der Waals surface area contributed by atoms with Crippen LogP contribution in [0.25, 0.3) is 0 Å². The van der Waals surface area contributed by atoms with Gasteiger partial charge in [-0.05, 0) is 24.3 Å². The van der Waals surface area contributed by atoms with E-state index in [1.807, 2.05) is 24.3 Å². The Bertz CT molecular complexity index is 284. The average Bonchev–Trinajstić information content (AvgIpc) is 2.35. The van der Waals surface area contributed by atoms with Gasteiger partial charge in [-0.1, -0.05) is 0 Å². The van der Waals surface area contributed by atoms with E-state index in [2.05, 4.69) is 0 Å². The molecule has 1 aromatic rings. The third-order valence-electron chi connectivity index (χ3n) is 2.18. The lowest BCUT2D eigenvalue weighted by Gasteiger charge is -2.15. The summed E-state index contributed by atoms with van der Waals surface area (Å²) in [7, 11) is 4.91. The van der Waals surface area contributed by atoms with Gasteiger partial charge in [0.2, 0.25) is 0 Å². The summed E-state index contributed by atoms with van der Waals surface area (Å²) >= 11 is 0. The van der Waals surface area contributed by atoms with Gasteiger partial charge in [-0.2, -0.15) is 0 Å². The van der Waals surface area contributed by atoms with Crippen molar-refractivity contribution >= 4 is 0 Å². The van der Waals surface area contributed by atoms with Crippen molar-refractivity contribution in [2.75, 3.05) is 34.5 Å². The van der Waals surface area contributed by atoms with Crippen molar-refractivity contribution in [1.29, 1.82) is 0 Å². The summed E-state index contributed by atoms with van der Waals surface area (Å²) in [4.78, 5) is 0. The van der Waals surface area contributed by atoms with Crippen molar-refractivity contribution < 1.29 is 18.9 Å². The zero-order chi connectivity index (χ0) is 11.8. The molecule has 0 saturated heterocycles. The van der Waals surface area contributed by atoms with Gasteiger partial charge in [0.1, 0.15) is 24.2 Å². The molecule has 1 atom stereocenters. The molecule has 0 spiro atoms. The summed E-state index contributed by atoms with van der Waals surface area (Å²) in [6, 6.07) is 7.43. The van der Waals surface area contributed by atoms with Crippen molar-refractivity contribution in [3.63, 3.8) is 0 Å². The highest BCUT2D eigenvalue weighted by Gasteiger charge is 2.07. The highest BCUT2D eigenvalue weighted by molar-refractivity contribution is 5.31. The van der Waals surface area contributed by atoms with Crippen LogP contribution in [0.4, 0.5) is 0 Å². The Morgan fingerprint density at radius 1 is 0.938 bits per heavy atom. The molecule has 1 unspecified atom stereocenters. The molecule has 0 radical (unpaired) electrons. The summed E-state index contributed by atoms with van der Waals surface area (Å²) in [5.74, 6) is 1.60. The van der Waals surface area contributed by atoms with Gasteiger partial charge in [-0.15, -0.1) is 0 Å². The van der Waals surface area contributed by atoms with E-state index < -0.39 is 0 Å². The minimum absolute atomic E-state index is 0.0490. The van der Waals surface area contributed by atoms with E-state index in [1.165, 1.54) is 0 Å². The molecule has 4 heteroatoms. The molecule has 1 aromatic carbocycles. The molecule has 0 aliphatic heterocycles. The Morgan fingerprint density at radius 3 is 2.06 bits per heavy atom. The van der Waals surface area contributed by atoms with Crippen LogP contribution >= 0.6 is 0 Å². The number of hydrogen-bond acceptors (Lipinski definition) is 4. The van der Waals surface area contributed by atoms with E-state index in [9.17, 15) is 0 Å². The zero-order valence-electron chi connectivity index (χ0n) is 9.93. The monoisotopic (exact) mass is 226 g/mol. The van der Waals surface area contributed by atoms with Gasteiger partial charge in [0.25, 0.3) is 0 Å². The second kappa shape index (κ2) is 7.09. The fourth-order valence-electron chi connectivity index (χ4n) is 1.23. The Hall–Kier alpha value is -1.26. The molecular formula is C12H18O4. The third-order valence-corrected chi connectivity index (χ3v) is 2.18. The van der Waals surface area contributed by atoms with Crippen LogP contribution in [0.1, 0.15) is 0 Å². The summed E-state index contributed by atoms with van der Waals surface area (Å²) < 4.78 is 20.8. The normalized spacial score (nSPS) is 12.2. The maximum atomic E-state index is 5.55. The van der Waals surface area contributed by atoms with Gasteiger partial charge >= 0.3 is 0 Å². The van der Waals surface area contributed by atoms with E-state index in [1.54, 1.807) is 21.3 Å². The molecule has 0 bridgehead atoms. The van der Waals surface area contributed by atoms with Gasteiger partial charge in [0.05, 0.1) is 13.7 Å². The fraction of sp³-hybridized carbons (Fsp3) is 0.500. The molecular weight excluding hydrogens is 208 g/mol. The smallest absolute Gasteiger partial charge is 0.119 e. The minimum atomic E-state index is -0.0490. The molecule has 1 rings (SSSR count). The first-order valence-electron chi connectivity index (χ1n) is 5.08. The molecule has 16 heavy (non-hydrogen) atoms. The quantitative estimate of drug-likeness (QED) is 0.709. The Labute approximate surface area is 96.1 Å². The zero-order valence-corrected chi connectivity index (χ0v) is 9.93. The molecule has 0 saturated carbocycles. The largest absolute Gasteiger partial charge is 0.497 e. The minimum Gasteiger partial charge on any atom is -0.497 e. The SMILES string of the molecule is COCC(COc1ccc(OC)cc1)OC. The molecule has 0 fully saturated rings. The summed E-state index contributed by atoms with van der Waals surface area (Å²) in [6.07, 6.45) is -0.0490. The predicted molar refractivity (Wildman–Crippen MR) is 61.2 cm³/mol. The Morgan fingerprint density at radius 2 is 1.56 bits per heavy atom. The first-order chi connectivity index (χ1) is 7.80. The second-order valence-corrected chi connectivity index (χ2v) is 3.30. The summed E-state index contributed by atoms with van der Waals surface area (Å²) in [5, 5.41) is 0. The molecule has 4 nitrogen and oxygen atoms in total. The van der Waals surface area contributed by atoms with Crippen LogP contribution in [-0.4, -0.2) is 40.6 Å². The van der Waals surface area contributed by atoms with E-state index in [-0.39, 0.29) is 6.10 Å². The number of rotatable bonds is 7. The van der Waals surface area contributed by atoms with Gasteiger partial charge in [-0.3, -0.25) is 0 Å². The molecule has 0 aliphatic carbocycles. The molecule has 0 aliphatic rings. The maximum absolute atomic E-state index is 5.55. The van der Waals surface area contributed by atoms with Crippen LogP contribution in [0.2, 0.25) is 0 Å². The van der Waals surface area contributed by atoms with Gasteiger partial charge in [0, 0.05) is 14.2 Å². The average molecular weight is 226 g/mol. The highest BCUT2D eigenvalue weighted by Crippen LogP contribution is 2.17. The number of benzene rings is 1. The van der Waals surface area contributed by atoms with Crippen molar-refractivity contribution in [2.45, 2.75) is 6.10 Å². The number of ether oxygens (including phenoxy) is 4. The van der Waals surface area contributed by atoms with Crippen LogP contribution in [0.15, 0.2) is 24.3 Å². The molecule has 0 N–H and O–H groups in total. The first kappa shape index (κ1) is 12.8. The molecule has 0 amide bonds. The predicted octanol–water partition coefficient (Wildman–Crippen LogP) is 1.74. The van der Waals surface area contributed by atoms with Crippen molar-refractivity contribution in [1.82, 2.24) is 0 Å². The lowest BCUT2D eigenvalue weighted by molar-refractivity contribution is 0.000869. The second-order valence-electron chi connectivity index (χ2n) is 3.30. The molecule has 0 aromatic heterocycles. The Balaban J connectivity index is 2.40. The highest BCUT2D eigenvalue weighted by atomic mass is 16.5. The third kappa shape index (κ3) is 4.08. The Kier molecular flexibility index (Phi) is 5.67. The topological polar surface area (TPSA) is 36.9 Å². The van der Waals surface area contributed by atoms with Crippen LogP contribution < -0.4 is 9.47 Å². The number of hydrogen-bond donors (Lipinski definition) is 0. The van der Waals surface area contributed by atoms with Crippen LogP contribution in [0, 0.1) is 0 Å². The van der Waals surface area contributed by atoms with Crippen molar-refractivity contribution in [3.8, 4) is 11.5 Å². The fourth-order valence-corrected chi connectivity index (χ4v) is 1.23. The van der Waals surface area contributed by atoms with E-state index in [0.717, 1.165) is 11.5 Å². The van der Waals surface area contributed by atoms with Crippen LogP contribution in [-0.2, 0) is 9.47 Å².